The van der Waals surface area contributed by atoms with Crippen molar-refractivity contribution in [3.8, 4) is 17.0 Å². The van der Waals surface area contributed by atoms with Gasteiger partial charge < -0.3 is 19.5 Å². The van der Waals surface area contributed by atoms with Gasteiger partial charge in [0.25, 0.3) is 0 Å². The summed E-state index contributed by atoms with van der Waals surface area (Å²) in [5, 5.41) is 15.6. The van der Waals surface area contributed by atoms with Gasteiger partial charge in [0.05, 0.1) is 29.7 Å². The van der Waals surface area contributed by atoms with Crippen molar-refractivity contribution >= 4 is 17.7 Å². The molecule has 1 aromatic heterocycles. The van der Waals surface area contributed by atoms with E-state index in [0.29, 0.717) is 12.2 Å². The van der Waals surface area contributed by atoms with E-state index in [1.165, 1.54) is 33.8 Å². The van der Waals surface area contributed by atoms with Crippen LogP contribution in [0, 0.1) is 0 Å². The second-order valence-corrected chi connectivity index (χ2v) is 7.52. The molecule has 1 aromatic carbocycles. The van der Waals surface area contributed by atoms with Gasteiger partial charge in [-0.25, -0.2) is 9.59 Å². The molecule has 2 aromatic rings. The number of carboxylic acids is 2. The standard InChI is InChI=1S/C19H22N2O.C4H4O4/c1-12(2)22-16-6-7-17-14(10-16)4-5-15-11-18-13(3)20-8-9-21(18)19(15)17;5-3(6)1-2-4(7)8/h6-7,10-12H,4-5,8-9H2,1-3H3;1-2H,(H,5,6)(H,7,8). The maximum absolute atomic E-state index is 9.55. The van der Waals surface area contributed by atoms with Crippen molar-refractivity contribution in [2.75, 3.05) is 6.54 Å². The zero-order valence-corrected chi connectivity index (χ0v) is 17.4. The minimum Gasteiger partial charge on any atom is -0.491 e. The van der Waals surface area contributed by atoms with Crippen molar-refractivity contribution in [3.05, 3.63) is 53.2 Å². The number of fused-ring (bicyclic) bond motifs is 5. The molecule has 0 saturated heterocycles. The molecule has 0 saturated carbocycles. The highest BCUT2D eigenvalue weighted by Gasteiger charge is 2.25. The van der Waals surface area contributed by atoms with Gasteiger partial charge in [-0.15, -0.1) is 0 Å². The van der Waals surface area contributed by atoms with Crippen molar-refractivity contribution < 1.29 is 24.5 Å². The van der Waals surface area contributed by atoms with E-state index in [-0.39, 0.29) is 6.10 Å². The first-order valence-corrected chi connectivity index (χ1v) is 9.94. The summed E-state index contributed by atoms with van der Waals surface area (Å²) in [5.41, 5.74) is 8.12. The van der Waals surface area contributed by atoms with Gasteiger partial charge in [0, 0.05) is 24.3 Å². The van der Waals surface area contributed by atoms with Gasteiger partial charge in [-0.2, -0.15) is 0 Å². The Kier molecular flexibility index (Phi) is 6.40. The van der Waals surface area contributed by atoms with Gasteiger partial charge in [-0.05, 0) is 69.0 Å². The molecule has 0 atom stereocenters. The smallest absolute Gasteiger partial charge is 0.328 e. The van der Waals surface area contributed by atoms with E-state index in [1.807, 2.05) is 0 Å². The van der Waals surface area contributed by atoms with Gasteiger partial charge in [0.15, 0.2) is 0 Å². The van der Waals surface area contributed by atoms with E-state index in [1.54, 1.807) is 0 Å². The van der Waals surface area contributed by atoms with Crippen LogP contribution in [0.4, 0.5) is 0 Å². The highest BCUT2D eigenvalue weighted by atomic mass is 16.5. The molecule has 0 amide bonds. The first-order chi connectivity index (χ1) is 14.3. The fraction of sp³-hybridized carbons (Fsp3) is 0.348. The van der Waals surface area contributed by atoms with Crippen LogP contribution in [0.5, 0.6) is 5.75 Å². The molecular weight excluding hydrogens is 384 g/mol. The molecule has 1 aliphatic carbocycles. The van der Waals surface area contributed by atoms with Crippen LogP contribution in [-0.2, 0) is 29.0 Å². The van der Waals surface area contributed by atoms with Gasteiger partial charge >= 0.3 is 11.9 Å². The Labute approximate surface area is 175 Å². The van der Waals surface area contributed by atoms with E-state index in [0.717, 1.165) is 31.7 Å². The quantitative estimate of drug-likeness (QED) is 0.751. The average molecular weight is 410 g/mol. The second-order valence-electron chi connectivity index (χ2n) is 7.52. The van der Waals surface area contributed by atoms with Crippen LogP contribution in [0.1, 0.15) is 37.6 Å². The lowest BCUT2D eigenvalue weighted by Crippen LogP contribution is -2.17. The summed E-state index contributed by atoms with van der Waals surface area (Å²) in [7, 11) is 0. The summed E-state index contributed by atoms with van der Waals surface area (Å²) in [6, 6.07) is 8.91. The Morgan fingerprint density at radius 1 is 1.10 bits per heavy atom. The Morgan fingerprint density at radius 3 is 2.40 bits per heavy atom. The van der Waals surface area contributed by atoms with E-state index >= 15 is 0 Å². The number of carboxylic acid groups (broad SMARTS) is 2. The van der Waals surface area contributed by atoms with Crippen LogP contribution in [0.3, 0.4) is 0 Å². The minimum absolute atomic E-state index is 0.220. The lowest BCUT2D eigenvalue weighted by atomic mass is 9.90. The van der Waals surface area contributed by atoms with Crippen molar-refractivity contribution in [2.24, 2.45) is 4.99 Å². The molecular formula is C23H26N2O5. The molecule has 1 aliphatic heterocycles. The fourth-order valence-corrected chi connectivity index (χ4v) is 3.81. The highest BCUT2D eigenvalue weighted by Crippen LogP contribution is 2.38. The molecule has 0 radical (unpaired) electrons. The summed E-state index contributed by atoms with van der Waals surface area (Å²) >= 11 is 0. The summed E-state index contributed by atoms with van der Waals surface area (Å²) in [6.45, 7) is 8.15. The lowest BCUT2D eigenvalue weighted by molar-refractivity contribution is -0.134. The Balaban J connectivity index is 0.000000275. The maximum atomic E-state index is 9.55. The minimum atomic E-state index is -1.26. The third kappa shape index (κ3) is 4.79. The average Bonchev–Trinajstić information content (AvgIpc) is 3.07. The number of hydrogen-bond acceptors (Lipinski definition) is 4. The zero-order valence-electron chi connectivity index (χ0n) is 17.4. The Bertz CT molecular complexity index is 1010. The van der Waals surface area contributed by atoms with Gasteiger partial charge in [-0.3, -0.25) is 4.99 Å². The second kappa shape index (κ2) is 8.98. The van der Waals surface area contributed by atoms with E-state index in [9.17, 15) is 9.59 Å². The lowest BCUT2D eigenvalue weighted by Gasteiger charge is -2.23. The third-order valence-electron chi connectivity index (χ3n) is 4.95. The Hall–Kier alpha value is -3.35. The number of carbonyl (C=O) groups is 2. The van der Waals surface area contributed by atoms with Gasteiger partial charge in [0.1, 0.15) is 5.75 Å². The van der Waals surface area contributed by atoms with Crippen LogP contribution in [0.2, 0.25) is 0 Å². The molecule has 2 aliphatic rings. The molecule has 0 fully saturated rings. The fourth-order valence-electron chi connectivity index (χ4n) is 3.81. The SMILES string of the molecule is CC1=NCCn2c1cc1c2-c2ccc(OC(C)C)cc2CC1.O=C(O)C=CC(=O)O. The highest BCUT2D eigenvalue weighted by molar-refractivity contribution is 5.99. The van der Waals surface area contributed by atoms with Crippen LogP contribution in [0.15, 0.2) is 41.4 Å². The van der Waals surface area contributed by atoms with Gasteiger partial charge in [-0.1, -0.05) is 0 Å². The number of nitrogens with zero attached hydrogens (tertiary/aromatic N) is 2. The van der Waals surface area contributed by atoms with Crippen molar-refractivity contribution in [3.63, 3.8) is 0 Å². The predicted octanol–water partition coefficient (Wildman–Crippen LogP) is 3.58. The zero-order chi connectivity index (χ0) is 21.8. The summed E-state index contributed by atoms with van der Waals surface area (Å²) < 4.78 is 8.31. The summed E-state index contributed by atoms with van der Waals surface area (Å²) in [6.07, 6.45) is 3.54. The van der Waals surface area contributed by atoms with E-state index in [2.05, 4.69) is 54.6 Å². The monoisotopic (exact) mass is 410 g/mol. The molecule has 7 heteroatoms. The van der Waals surface area contributed by atoms with Gasteiger partial charge in [0.2, 0.25) is 0 Å². The number of benzene rings is 1. The topological polar surface area (TPSA) is 101 Å². The molecule has 2 N–H and O–H groups in total. The first-order valence-electron chi connectivity index (χ1n) is 9.94. The van der Waals surface area contributed by atoms with E-state index < -0.39 is 11.9 Å². The molecule has 158 valence electrons. The van der Waals surface area contributed by atoms with Crippen LogP contribution >= 0.6 is 0 Å². The largest absolute Gasteiger partial charge is 0.491 e. The summed E-state index contributed by atoms with van der Waals surface area (Å²) in [5.74, 6) is -1.53. The van der Waals surface area contributed by atoms with Crippen LogP contribution < -0.4 is 4.74 Å². The van der Waals surface area contributed by atoms with Crippen molar-refractivity contribution in [1.29, 1.82) is 0 Å². The molecule has 0 spiro atoms. The number of aromatic nitrogens is 1. The van der Waals surface area contributed by atoms with E-state index in [4.69, 9.17) is 14.9 Å². The number of aryl methyl sites for hydroxylation is 2. The van der Waals surface area contributed by atoms with Crippen molar-refractivity contribution in [2.45, 2.75) is 46.3 Å². The molecule has 4 rings (SSSR count). The molecule has 0 bridgehead atoms. The summed E-state index contributed by atoms with van der Waals surface area (Å²) in [4.78, 5) is 23.7. The molecule has 2 heterocycles. The first kappa shape index (κ1) is 21.4. The maximum Gasteiger partial charge on any atom is 0.328 e. The number of aliphatic carboxylic acids is 2. The van der Waals surface area contributed by atoms with Crippen LogP contribution in [-0.4, -0.2) is 45.1 Å². The van der Waals surface area contributed by atoms with Crippen molar-refractivity contribution in [1.82, 2.24) is 4.57 Å². The Morgan fingerprint density at radius 2 is 1.77 bits per heavy atom. The normalized spacial score (nSPS) is 14.2. The predicted molar refractivity (Wildman–Crippen MR) is 115 cm³/mol. The molecule has 30 heavy (non-hydrogen) atoms. The number of aliphatic imine (C=N–C) groups is 1. The molecule has 7 nitrogen and oxygen atoms in total. The molecule has 0 unspecified atom stereocenters. The number of rotatable bonds is 4. The third-order valence-corrected chi connectivity index (χ3v) is 4.95. The number of hydrogen-bond donors (Lipinski definition) is 2. The number of ether oxygens (including phenoxy) is 1. The van der Waals surface area contributed by atoms with Crippen LogP contribution in [0.25, 0.3) is 11.3 Å².